The van der Waals surface area contributed by atoms with Gasteiger partial charge in [0.05, 0.1) is 5.75 Å². The van der Waals surface area contributed by atoms with E-state index in [1.54, 1.807) is 24.3 Å². The van der Waals surface area contributed by atoms with E-state index in [2.05, 4.69) is 11.6 Å². The monoisotopic (exact) mass is 304 g/mol. The van der Waals surface area contributed by atoms with Crippen molar-refractivity contribution < 1.29 is 8.42 Å². The van der Waals surface area contributed by atoms with Crippen molar-refractivity contribution in [2.45, 2.75) is 25.6 Å². The fourth-order valence-corrected chi connectivity index (χ4v) is 3.09. The molecule has 2 rings (SSSR count). The number of hydrogen-bond acceptors (Lipinski definition) is 3. The molecule has 0 saturated carbocycles. The molecule has 0 unspecified atom stereocenters. The zero-order valence-corrected chi connectivity index (χ0v) is 12.9. The average Bonchev–Trinajstić information content (AvgIpc) is 2.48. The third kappa shape index (κ3) is 4.88. The Morgan fingerprint density at radius 1 is 0.905 bits per heavy atom. The lowest BCUT2D eigenvalue weighted by molar-refractivity contribution is 0.580. The molecule has 3 N–H and O–H groups in total. The third-order valence-corrected chi connectivity index (χ3v) is 4.56. The molecular formula is C16H20N2O2S. The molecule has 5 heteroatoms. The van der Waals surface area contributed by atoms with Crippen LogP contribution in [-0.2, 0) is 28.7 Å². The van der Waals surface area contributed by atoms with Gasteiger partial charge in [-0.2, -0.15) is 0 Å². The summed E-state index contributed by atoms with van der Waals surface area (Å²) in [5.41, 5.74) is 9.12. The summed E-state index contributed by atoms with van der Waals surface area (Å²) in [5.74, 6) is -0.0413. The third-order valence-electron chi connectivity index (χ3n) is 3.26. The average molecular weight is 304 g/mol. The van der Waals surface area contributed by atoms with Crippen LogP contribution in [0.15, 0.2) is 48.5 Å². The van der Waals surface area contributed by atoms with E-state index in [0.29, 0.717) is 12.2 Å². The van der Waals surface area contributed by atoms with Crippen LogP contribution in [0.2, 0.25) is 0 Å². The number of anilines is 1. The number of nitrogens with two attached hydrogens (primary N) is 1. The van der Waals surface area contributed by atoms with Crippen LogP contribution in [0.5, 0.6) is 0 Å². The highest BCUT2D eigenvalue weighted by atomic mass is 32.2. The van der Waals surface area contributed by atoms with Crippen LogP contribution in [0.3, 0.4) is 0 Å². The Labute approximate surface area is 126 Å². The summed E-state index contributed by atoms with van der Waals surface area (Å²) < 4.78 is 26.7. The zero-order valence-electron chi connectivity index (χ0n) is 12.0. The summed E-state index contributed by atoms with van der Waals surface area (Å²) in [5, 5.41) is 0. The SMILES string of the molecule is CCc1ccc(CNS(=O)(=O)Cc2ccc(N)cc2)cc1. The van der Waals surface area contributed by atoms with Gasteiger partial charge >= 0.3 is 0 Å². The van der Waals surface area contributed by atoms with Crippen molar-refractivity contribution in [1.29, 1.82) is 0 Å². The van der Waals surface area contributed by atoms with E-state index in [4.69, 9.17) is 5.73 Å². The highest BCUT2D eigenvalue weighted by Crippen LogP contribution is 2.10. The van der Waals surface area contributed by atoms with Crippen LogP contribution in [0.1, 0.15) is 23.6 Å². The molecule has 4 nitrogen and oxygen atoms in total. The molecule has 0 aliphatic rings. The van der Waals surface area contributed by atoms with Gasteiger partial charge in [0.25, 0.3) is 0 Å². The number of hydrogen-bond donors (Lipinski definition) is 2. The maximum Gasteiger partial charge on any atom is 0.216 e. The molecule has 0 fully saturated rings. The van der Waals surface area contributed by atoms with Gasteiger partial charge in [0.2, 0.25) is 10.0 Å². The minimum absolute atomic E-state index is 0.0413. The molecular weight excluding hydrogens is 284 g/mol. The van der Waals surface area contributed by atoms with E-state index >= 15 is 0 Å². The molecule has 0 amide bonds. The molecule has 0 aliphatic heterocycles. The number of nitrogens with one attached hydrogen (secondary N) is 1. The topological polar surface area (TPSA) is 72.2 Å². The van der Waals surface area contributed by atoms with Crippen LogP contribution in [-0.4, -0.2) is 8.42 Å². The van der Waals surface area contributed by atoms with Crippen molar-refractivity contribution in [2.75, 3.05) is 5.73 Å². The predicted molar refractivity (Wildman–Crippen MR) is 86.1 cm³/mol. The van der Waals surface area contributed by atoms with Gasteiger partial charge in [-0.1, -0.05) is 43.3 Å². The first-order valence-corrected chi connectivity index (χ1v) is 8.53. The van der Waals surface area contributed by atoms with Crippen LogP contribution >= 0.6 is 0 Å². The Morgan fingerprint density at radius 3 is 2.00 bits per heavy atom. The van der Waals surface area contributed by atoms with Gasteiger partial charge in [0, 0.05) is 12.2 Å². The Balaban J connectivity index is 1.95. The van der Waals surface area contributed by atoms with Gasteiger partial charge in [0.1, 0.15) is 0 Å². The first-order valence-electron chi connectivity index (χ1n) is 6.88. The van der Waals surface area contributed by atoms with Gasteiger partial charge in [-0.25, -0.2) is 13.1 Å². The molecule has 0 saturated heterocycles. The van der Waals surface area contributed by atoms with Crippen molar-refractivity contribution in [3.8, 4) is 0 Å². The molecule has 0 heterocycles. The summed E-state index contributed by atoms with van der Waals surface area (Å²) in [6, 6.07) is 14.8. The van der Waals surface area contributed by atoms with Crippen molar-refractivity contribution in [2.24, 2.45) is 0 Å². The van der Waals surface area contributed by atoms with E-state index in [9.17, 15) is 8.42 Å². The minimum Gasteiger partial charge on any atom is -0.399 e. The Bertz CT molecular complexity index is 677. The number of sulfonamides is 1. The predicted octanol–water partition coefficient (Wildman–Crippen LogP) is 2.45. The summed E-state index contributed by atoms with van der Waals surface area (Å²) in [6.07, 6.45) is 0.975. The number of benzene rings is 2. The Kier molecular flexibility index (Phi) is 4.98. The quantitative estimate of drug-likeness (QED) is 0.805. The standard InChI is InChI=1S/C16H20N2O2S/c1-2-13-3-5-14(6-4-13)11-18-21(19,20)12-15-7-9-16(17)10-8-15/h3-10,18H,2,11-12,17H2,1H3. The second-order valence-corrected chi connectivity index (χ2v) is 6.80. The van der Waals surface area contributed by atoms with E-state index in [0.717, 1.165) is 17.5 Å². The van der Waals surface area contributed by atoms with Gasteiger partial charge in [-0.05, 0) is 35.2 Å². The smallest absolute Gasteiger partial charge is 0.216 e. The molecule has 0 aliphatic carbocycles. The number of rotatable bonds is 6. The van der Waals surface area contributed by atoms with Crippen molar-refractivity contribution in [1.82, 2.24) is 4.72 Å². The van der Waals surface area contributed by atoms with Crippen molar-refractivity contribution in [3.05, 3.63) is 65.2 Å². The second-order valence-electron chi connectivity index (χ2n) is 4.99. The normalized spacial score (nSPS) is 11.5. The van der Waals surface area contributed by atoms with E-state index in [1.807, 2.05) is 24.3 Å². The van der Waals surface area contributed by atoms with E-state index in [1.165, 1.54) is 5.56 Å². The molecule has 21 heavy (non-hydrogen) atoms. The maximum absolute atomic E-state index is 12.0. The molecule has 0 aromatic heterocycles. The number of nitrogen functional groups attached to an aromatic ring is 1. The molecule has 112 valence electrons. The van der Waals surface area contributed by atoms with Crippen LogP contribution in [0, 0.1) is 0 Å². The highest BCUT2D eigenvalue weighted by molar-refractivity contribution is 7.88. The van der Waals surface area contributed by atoms with Gasteiger partial charge in [-0.3, -0.25) is 0 Å². The molecule has 0 bridgehead atoms. The summed E-state index contributed by atoms with van der Waals surface area (Å²) in [6.45, 7) is 2.39. The largest absolute Gasteiger partial charge is 0.399 e. The fraction of sp³-hybridized carbons (Fsp3) is 0.250. The first-order chi connectivity index (χ1) is 9.98. The summed E-state index contributed by atoms with van der Waals surface area (Å²) in [7, 11) is -3.35. The zero-order chi connectivity index (χ0) is 15.3. The fourth-order valence-electron chi connectivity index (χ4n) is 1.97. The second kappa shape index (κ2) is 6.74. The Hall–Kier alpha value is -1.85. The van der Waals surface area contributed by atoms with Gasteiger partial charge in [-0.15, -0.1) is 0 Å². The van der Waals surface area contributed by atoms with Crippen LogP contribution in [0.4, 0.5) is 5.69 Å². The lowest BCUT2D eigenvalue weighted by Crippen LogP contribution is -2.24. The highest BCUT2D eigenvalue weighted by Gasteiger charge is 2.11. The molecule has 0 atom stereocenters. The maximum atomic E-state index is 12.0. The van der Waals surface area contributed by atoms with Gasteiger partial charge < -0.3 is 5.73 Å². The molecule has 2 aromatic rings. The van der Waals surface area contributed by atoms with Crippen LogP contribution in [0.25, 0.3) is 0 Å². The lowest BCUT2D eigenvalue weighted by atomic mass is 10.1. The number of aryl methyl sites for hydroxylation is 1. The molecule has 0 radical (unpaired) electrons. The summed E-state index contributed by atoms with van der Waals surface area (Å²) >= 11 is 0. The van der Waals surface area contributed by atoms with Crippen LogP contribution < -0.4 is 10.5 Å². The molecule has 2 aromatic carbocycles. The van der Waals surface area contributed by atoms with Crippen molar-refractivity contribution in [3.63, 3.8) is 0 Å². The van der Waals surface area contributed by atoms with Gasteiger partial charge in [0.15, 0.2) is 0 Å². The molecule has 0 spiro atoms. The first kappa shape index (κ1) is 15.5. The minimum atomic E-state index is -3.35. The summed E-state index contributed by atoms with van der Waals surface area (Å²) in [4.78, 5) is 0. The lowest BCUT2D eigenvalue weighted by Gasteiger charge is -2.08. The Morgan fingerprint density at radius 2 is 1.43 bits per heavy atom. The van der Waals surface area contributed by atoms with Crippen molar-refractivity contribution >= 4 is 15.7 Å². The van der Waals surface area contributed by atoms with E-state index < -0.39 is 10.0 Å². The van der Waals surface area contributed by atoms with E-state index in [-0.39, 0.29) is 5.75 Å².